The van der Waals surface area contributed by atoms with Crippen LogP contribution in [0.5, 0.6) is 0 Å². The third-order valence-corrected chi connectivity index (χ3v) is 21.4. The number of benzene rings is 1. The summed E-state index contributed by atoms with van der Waals surface area (Å²) >= 11 is 1.43. The Kier molecular flexibility index (Phi) is 35.9. The van der Waals surface area contributed by atoms with Crippen molar-refractivity contribution in [2.45, 2.75) is 196 Å². The lowest BCUT2D eigenvalue weighted by Crippen LogP contribution is -2.61. The van der Waals surface area contributed by atoms with Crippen molar-refractivity contribution in [1.82, 2.24) is 72.5 Å². The van der Waals surface area contributed by atoms with Gasteiger partial charge in [0.05, 0.1) is 18.9 Å². The van der Waals surface area contributed by atoms with E-state index in [0.29, 0.717) is 49.1 Å². The number of nitrogens with zero attached hydrogens (tertiary/aromatic N) is 6. The van der Waals surface area contributed by atoms with Gasteiger partial charge in [-0.25, -0.2) is 9.78 Å². The Morgan fingerprint density at radius 3 is 1.90 bits per heavy atom. The summed E-state index contributed by atoms with van der Waals surface area (Å²) in [5, 5.41) is 34.6. The van der Waals surface area contributed by atoms with Crippen LogP contribution in [0.4, 0.5) is 0 Å². The topological polar surface area (TPSA) is 570 Å². The molecular weight excluding hydrogens is 1430 g/mol. The molecule has 5 heterocycles. The number of H-pyrrole nitrogens is 1. The van der Waals surface area contributed by atoms with E-state index in [4.69, 9.17) is 34.4 Å². The number of carboxylic acid groups (broad SMARTS) is 1. The summed E-state index contributed by atoms with van der Waals surface area (Å²) in [5.74, 6) is -10.4. The van der Waals surface area contributed by atoms with Crippen LogP contribution in [0.2, 0.25) is 0 Å². The molecule has 0 saturated carbocycles. The number of aliphatic carboxylic acids is 1. The Bertz CT molecular complexity index is 3370. The molecule has 36 nitrogen and oxygen atoms in total. The van der Waals surface area contributed by atoms with Gasteiger partial charge in [-0.1, -0.05) is 65.8 Å². The number of amides is 12. The second-order valence-corrected chi connectivity index (χ2v) is 30.4. The van der Waals surface area contributed by atoms with Gasteiger partial charge in [0, 0.05) is 69.0 Å². The highest BCUT2D eigenvalue weighted by atomic mass is 33.1. The Labute approximate surface area is 628 Å². The zero-order chi connectivity index (χ0) is 77.4. The molecule has 12 atom stereocenters. The van der Waals surface area contributed by atoms with Crippen LogP contribution in [0.3, 0.4) is 0 Å². The van der Waals surface area contributed by atoms with E-state index in [-0.39, 0.29) is 146 Å². The highest BCUT2D eigenvalue weighted by molar-refractivity contribution is 8.76. The van der Waals surface area contributed by atoms with E-state index in [0.717, 1.165) is 21.6 Å². The summed E-state index contributed by atoms with van der Waals surface area (Å²) in [6, 6.07) is -6.11. The highest BCUT2D eigenvalue weighted by Crippen LogP contribution is 2.26. The maximum absolute atomic E-state index is 14.9. The number of likely N-dealkylation sites (tertiary alicyclic amines) is 2. The molecule has 1 aromatic heterocycles. The highest BCUT2D eigenvalue weighted by Gasteiger charge is 2.44. The molecule has 4 aliphatic rings. The van der Waals surface area contributed by atoms with Crippen LogP contribution in [0.15, 0.2) is 52.8 Å². The minimum atomic E-state index is -1.49. The Hall–Kier alpha value is -8.95. The van der Waals surface area contributed by atoms with Crippen molar-refractivity contribution in [2.75, 3.05) is 69.3 Å². The number of aromatic nitrogens is 2. The minimum absolute atomic E-state index is 0.00709. The zero-order valence-electron chi connectivity index (χ0n) is 60.3. The third kappa shape index (κ3) is 27.4. The van der Waals surface area contributed by atoms with E-state index >= 15 is 0 Å². The molecule has 106 heavy (non-hydrogen) atoms. The minimum Gasteiger partial charge on any atom is -0.480 e. The molecule has 0 spiro atoms. The van der Waals surface area contributed by atoms with E-state index in [1.54, 1.807) is 44.2 Å². The normalized spacial score (nSPS) is 22.4. The third-order valence-electron chi connectivity index (χ3n) is 18.3. The number of hydrogen-bond donors (Lipinski definition) is 17. The number of carboxylic acids is 1. The van der Waals surface area contributed by atoms with Gasteiger partial charge in [0.1, 0.15) is 66.5 Å². The molecule has 2 aromatic rings. The number of nitrogens with one attached hydrogen (secondary N) is 10. The maximum Gasteiger partial charge on any atom is 0.326 e. The van der Waals surface area contributed by atoms with Gasteiger partial charge in [0.15, 0.2) is 11.9 Å². The smallest absolute Gasteiger partial charge is 0.326 e. The van der Waals surface area contributed by atoms with Gasteiger partial charge in [-0.15, -0.1) is 0 Å². The maximum atomic E-state index is 14.9. The number of fused-ring (bicyclic) bond motifs is 1. The number of aromatic amines is 1. The van der Waals surface area contributed by atoms with E-state index in [2.05, 4.69) is 67.8 Å². The number of nitrogens with two attached hydrogens (primary N) is 6. The average Bonchev–Trinajstić information content (AvgIpc) is 1.63. The van der Waals surface area contributed by atoms with Crippen molar-refractivity contribution < 1.29 is 67.4 Å². The molecule has 4 aliphatic heterocycles. The van der Waals surface area contributed by atoms with Gasteiger partial charge in [-0.3, -0.25) is 67.5 Å². The number of aliphatic imine (C=N–C) groups is 2. The van der Waals surface area contributed by atoms with Crippen LogP contribution in [0.25, 0.3) is 0 Å². The second kappa shape index (κ2) is 44.2. The Balaban J connectivity index is 1.19. The summed E-state index contributed by atoms with van der Waals surface area (Å²) in [6.45, 7) is 3.83. The molecule has 4 saturated heterocycles. The SMILES string of the molecule is CSCCC(NC(=O)C1CCCN1C(=O)CNC(=O)C(CCCCN)NC(=O)C(Cc1cnc[nH]1)NC(=O)C1CSSCC(N)C(=O)NC(CCCN=C(N)N)C(=O)N2CCCC2C(=O)NC(CCCN=C(N)N)C(=O)NC(CC(C)C)C(=O)N1)C(=O)N1CCCC1C(=O)NC(Cc1ccccc1)C(=O)O. The lowest BCUT2D eigenvalue weighted by atomic mass is 10.0. The summed E-state index contributed by atoms with van der Waals surface area (Å²) in [4.78, 5) is 204. The predicted molar refractivity (Wildman–Crippen MR) is 401 cm³/mol. The monoisotopic (exact) mass is 1540 g/mol. The number of imidazole rings is 1. The Morgan fingerprint density at radius 2 is 1.26 bits per heavy atom. The first-order valence-electron chi connectivity index (χ1n) is 35.8. The number of rotatable bonds is 34. The summed E-state index contributed by atoms with van der Waals surface area (Å²) < 4.78 is 0. The molecule has 39 heteroatoms. The van der Waals surface area contributed by atoms with Crippen LogP contribution in [0.1, 0.15) is 121 Å². The molecule has 12 unspecified atom stereocenters. The number of hydrogen-bond acceptors (Lipinski definition) is 21. The first-order chi connectivity index (χ1) is 50.7. The van der Waals surface area contributed by atoms with Crippen molar-refractivity contribution in [3.8, 4) is 0 Å². The van der Waals surface area contributed by atoms with Gasteiger partial charge in [0.25, 0.3) is 0 Å². The molecular formula is C67H106N22O14S3. The number of carbonyl (C=O) groups is 13. The van der Waals surface area contributed by atoms with Gasteiger partial charge in [-0.2, -0.15) is 11.8 Å². The predicted octanol–water partition coefficient (Wildman–Crippen LogP) is -4.00. The van der Waals surface area contributed by atoms with E-state index in [9.17, 15) is 67.4 Å². The van der Waals surface area contributed by atoms with Crippen LogP contribution in [-0.4, -0.2) is 260 Å². The average molecular weight is 1540 g/mol. The molecule has 0 bridgehead atoms. The molecule has 0 aliphatic carbocycles. The van der Waals surface area contributed by atoms with Gasteiger partial charge < -0.3 is 107 Å². The summed E-state index contributed by atoms with van der Waals surface area (Å²) in [7, 11) is 2.10. The lowest BCUT2D eigenvalue weighted by Gasteiger charge is -2.31. The largest absolute Gasteiger partial charge is 0.480 e. The van der Waals surface area contributed by atoms with Crippen LogP contribution < -0.4 is 82.3 Å². The Morgan fingerprint density at radius 1 is 0.660 bits per heavy atom. The quantitative estimate of drug-likeness (QED) is 0.0137. The van der Waals surface area contributed by atoms with Crippen LogP contribution in [-0.2, 0) is 75.2 Å². The number of thioether (sulfide) groups is 1. The van der Waals surface area contributed by atoms with E-state index in [1.165, 1.54) is 39.0 Å². The number of guanidine groups is 2. The zero-order valence-corrected chi connectivity index (χ0v) is 62.7. The molecule has 6 rings (SSSR count). The molecule has 586 valence electrons. The van der Waals surface area contributed by atoms with Crippen molar-refractivity contribution in [1.29, 1.82) is 0 Å². The van der Waals surface area contributed by atoms with Crippen molar-refractivity contribution in [3.63, 3.8) is 0 Å². The fourth-order valence-corrected chi connectivity index (χ4v) is 15.5. The molecule has 0 radical (unpaired) electrons. The summed E-state index contributed by atoms with van der Waals surface area (Å²) in [5.41, 5.74) is 35.7. The van der Waals surface area contributed by atoms with Crippen LogP contribution in [0, 0.1) is 5.92 Å². The second-order valence-electron chi connectivity index (χ2n) is 26.9. The molecule has 12 amide bonds. The number of unbranched alkanes of at least 4 members (excludes halogenated alkanes) is 1. The van der Waals surface area contributed by atoms with Crippen molar-refractivity contribution in [3.05, 3.63) is 54.1 Å². The van der Waals surface area contributed by atoms with Gasteiger partial charge >= 0.3 is 5.97 Å². The summed E-state index contributed by atoms with van der Waals surface area (Å²) in [6.07, 6.45) is 7.69. The van der Waals surface area contributed by atoms with E-state index < -0.39 is 156 Å². The fraction of sp³-hybridized carbons (Fsp3) is 0.642. The van der Waals surface area contributed by atoms with E-state index in [1.807, 2.05) is 6.26 Å². The molecule has 23 N–H and O–H groups in total. The van der Waals surface area contributed by atoms with Gasteiger partial charge in [0.2, 0.25) is 70.9 Å². The first-order valence-corrected chi connectivity index (χ1v) is 39.7. The van der Waals surface area contributed by atoms with Crippen molar-refractivity contribution >= 4 is 122 Å². The first kappa shape index (κ1) is 86.0. The number of carbonyl (C=O) groups excluding carboxylic acids is 12. The van der Waals surface area contributed by atoms with Crippen LogP contribution >= 0.6 is 33.3 Å². The molecule has 1 aromatic carbocycles. The fourth-order valence-electron chi connectivity index (χ4n) is 12.8. The molecule has 4 fully saturated rings. The van der Waals surface area contributed by atoms with Crippen molar-refractivity contribution in [2.24, 2.45) is 50.3 Å². The lowest BCUT2D eigenvalue weighted by molar-refractivity contribution is -0.145. The standard InChI is InChI=1S/C67H106N22O14S3/c1-38(2)30-46-57(94)86-49(36-106-105-35-41(69)54(91)81-44(18-10-25-76-67(72)73)63(100)88-27-12-20-51(88)61(98)80-43(56(93)83-46)17-9-24-75-66(70)71)59(96)84-47(32-40-33-74-37-78-40)58(95)79-42(16-7-8-23-68)55(92)77-34-53(90)87-26-11-19-50(87)60(97)82-45(22-29-104-3)64(101)89-28-13-21-52(89)62(99)85-48(65(102)103)31-39-14-5-4-6-15-39/h4-6,14-15,33,37-38,41-52H,7-13,16-32,34-36,68-69H2,1-3H3,(H,74,78)(H,77,92)(H,79,95)(H,80,98)(H,81,91)(H,82,97)(H,83,93)(H,84,96)(H,85,99)(H,86,94)(H,102,103)(H4,70,71,75)(H4,72,73,76). The van der Waals surface area contributed by atoms with Gasteiger partial charge in [-0.05, 0) is 126 Å².